The molecule has 0 bridgehead atoms. The Labute approximate surface area is 146 Å². The van der Waals surface area contributed by atoms with Gasteiger partial charge in [0.05, 0.1) is 6.61 Å². The number of amides is 1. The summed E-state index contributed by atoms with van der Waals surface area (Å²) in [7, 11) is 0. The van der Waals surface area contributed by atoms with Crippen LogP contribution in [0.4, 0.5) is 0 Å². The maximum absolute atomic E-state index is 11.7. The van der Waals surface area contributed by atoms with Crippen LogP contribution in [-0.4, -0.2) is 24.8 Å². The van der Waals surface area contributed by atoms with Gasteiger partial charge < -0.3 is 10.1 Å². The lowest BCUT2D eigenvalue weighted by Gasteiger charge is -2.07. The Morgan fingerprint density at radius 1 is 1.09 bits per heavy atom. The van der Waals surface area contributed by atoms with E-state index in [9.17, 15) is 4.79 Å². The van der Waals surface area contributed by atoms with Crippen molar-refractivity contribution in [2.75, 3.05) is 18.9 Å². The minimum absolute atomic E-state index is 0.0679. The van der Waals surface area contributed by atoms with Crippen LogP contribution in [0.15, 0.2) is 59.5 Å². The van der Waals surface area contributed by atoms with E-state index in [1.165, 1.54) is 4.90 Å². The molecule has 0 unspecified atom stereocenters. The normalized spacial score (nSPS) is 10.3. The zero-order valence-electron chi connectivity index (χ0n) is 12.8. The molecule has 0 aliphatic carbocycles. The van der Waals surface area contributed by atoms with Gasteiger partial charge in [-0.2, -0.15) is 0 Å². The highest BCUT2D eigenvalue weighted by molar-refractivity contribution is 7.99. The van der Waals surface area contributed by atoms with Gasteiger partial charge in [0.2, 0.25) is 5.91 Å². The number of thioether (sulfide) groups is 1. The van der Waals surface area contributed by atoms with Crippen LogP contribution in [0, 0.1) is 0 Å². The molecule has 0 atom stereocenters. The van der Waals surface area contributed by atoms with Gasteiger partial charge in [0.25, 0.3) is 0 Å². The Bertz CT molecular complexity index is 590. The summed E-state index contributed by atoms with van der Waals surface area (Å²) in [6.45, 7) is 1.20. The van der Waals surface area contributed by atoms with Crippen molar-refractivity contribution in [1.29, 1.82) is 0 Å². The van der Waals surface area contributed by atoms with Crippen LogP contribution in [0.25, 0.3) is 0 Å². The Kier molecular flexibility index (Phi) is 7.84. The number of nitrogens with one attached hydrogen (secondary N) is 1. The van der Waals surface area contributed by atoms with Crippen molar-refractivity contribution < 1.29 is 9.53 Å². The Hall–Kier alpha value is -1.65. The maximum atomic E-state index is 11.7. The molecule has 0 fully saturated rings. The van der Waals surface area contributed by atoms with Gasteiger partial charge >= 0.3 is 0 Å². The summed E-state index contributed by atoms with van der Waals surface area (Å²) in [4.78, 5) is 12.9. The van der Waals surface area contributed by atoms with Gasteiger partial charge in [0.1, 0.15) is 5.75 Å². The molecular weight excluding hydrogens is 330 g/mol. The third-order valence-electron chi connectivity index (χ3n) is 3.07. The van der Waals surface area contributed by atoms with Crippen molar-refractivity contribution in [1.82, 2.24) is 5.32 Å². The summed E-state index contributed by atoms with van der Waals surface area (Å²) < 4.78 is 5.55. The molecule has 0 saturated heterocycles. The van der Waals surface area contributed by atoms with E-state index in [0.29, 0.717) is 31.0 Å². The molecule has 122 valence electrons. The van der Waals surface area contributed by atoms with Gasteiger partial charge in [0, 0.05) is 28.6 Å². The van der Waals surface area contributed by atoms with Crippen LogP contribution in [0.3, 0.4) is 0 Å². The molecule has 2 aromatic rings. The molecule has 2 rings (SSSR count). The van der Waals surface area contributed by atoms with Crippen molar-refractivity contribution in [3.8, 4) is 5.75 Å². The topological polar surface area (TPSA) is 38.3 Å². The van der Waals surface area contributed by atoms with Crippen LogP contribution in [-0.2, 0) is 4.79 Å². The average molecular weight is 350 g/mol. The van der Waals surface area contributed by atoms with Crippen LogP contribution >= 0.6 is 23.4 Å². The van der Waals surface area contributed by atoms with Gasteiger partial charge in [-0.05, 0) is 42.8 Å². The molecule has 5 heteroatoms. The third-order valence-corrected chi connectivity index (χ3v) is 4.33. The largest absolute Gasteiger partial charge is 0.494 e. The highest BCUT2D eigenvalue weighted by atomic mass is 35.5. The average Bonchev–Trinajstić information content (AvgIpc) is 2.58. The molecule has 1 N–H and O–H groups in total. The lowest BCUT2D eigenvalue weighted by atomic mass is 10.3. The zero-order chi connectivity index (χ0) is 16.3. The van der Waals surface area contributed by atoms with Crippen LogP contribution in [0.1, 0.15) is 12.8 Å². The van der Waals surface area contributed by atoms with Gasteiger partial charge in [0.15, 0.2) is 0 Å². The molecular formula is C18H20ClNO2S. The van der Waals surface area contributed by atoms with Crippen molar-refractivity contribution in [2.24, 2.45) is 0 Å². The van der Waals surface area contributed by atoms with Crippen molar-refractivity contribution >= 4 is 29.3 Å². The molecule has 0 aliphatic heterocycles. The monoisotopic (exact) mass is 349 g/mol. The highest BCUT2D eigenvalue weighted by Crippen LogP contribution is 2.16. The molecule has 0 aliphatic rings. The van der Waals surface area contributed by atoms with E-state index in [2.05, 4.69) is 17.4 Å². The number of carbonyl (C=O) groups is 1. The summed E-state index contributed by atoms with van der Waals surface area (Å²) in [5.41, 5.74) is 0. The number of carbonyl (C=O) groups excluding carboxylic acids is 1. The summed E-state index contributed by atoms with van der Waals surface area (Å²) in [6, 6.07) is 17.4. The van der Waals surface area contributed by atoms with E-state index < -0.39 is 0 Å². The molecule has 0 aromatic heterocycles. The molecule has 0 radical (unpaired) electrons. The second kappa shape index (κ2) is 10.2. The molecule has 2 aromatic carbocycles. The predicted octanol–water partition coefficient (Wildman–Crippen LogP) is 4.41. The number of ether oxygens (including phenoxy) is 1. The van der Waals surface area contributed by atoms with E-state index >= 15 is 0 Å². The van der Waals surface area contributed by atoms with Crippen LogP contribution in [0.2, 0.25) is 5.02 Å². The summed E-state index contributed by atoms with van der Waals surface area (Å²) >= 11 is 7.54. The molecule has 1 amide bonds. The molecule has 0 heterocycles. The number of benzene rings is 2. The molecule has 0 saturated carbocycles. The quantitative estimate of drug-likeness (QED) is 0.538. The second-order valence-electron chi connectivity index (χ2n) is 4.92. The van der Waals surface area contributed by atoms with E-state index in [-0.39, 0.29) is 5.91 Å². The maximum Gasteiger partial charge on any atom is 0.220 e. The lowest BCUT2D eigenvalue weighted by molar-refractivity contribution is -0.121. The molecule has 23 heavy (non-hydrogen) atoms. The Morgan fingerprint density at radius 3 is 2.57 bits per heavy atom. The first kappa shape index (κ1) is 17.7. The standard InChI is InChI=1S/C18H20ClNO2S/c19-15-8-10-16(11-9-15)22-13-4-7-18(21)20-12-14-23-17-5-2-1-3-6-17/h1-3,5-6,8-11H,4,7,12-14H2,(H,20,21). The van der Waals surface area contributed by atoms with Crippen LogP contribution < -0.4 is 10.1 Å². The SMILES string of the molecule is O=C(CCCOc1ccc(Cl)cc1)NCCSc1ccccc1. The number of hydrogen-bond acceptors (Lipinski definition) is 3. The van der Waals surface area contributed by atoms with Gasteiger partial charge in [-0.3, -0.25) is 4.79 Å². The smallest absolute Gasteiger partial charge is 0.220 e. The fourth-order valence-corrected chi connectivity index (χ4v) is 2.83. The minimum Gasteiger partial charge on any atom is -0.494 e. The number of hydrogen-bond donors (Lipinski definition) is 1. The summed E-state index contributed by atoms with van der Waals surface area (Å²) in [6.07, 6.45) is 1.17. The summed E-state index contributed by atoms with van der Waals surface area (Å²) in [5, 5.41) is 3.61. The second-order valence-corrected chi connectivity index (χ2v) is 6.52. The fourth-order valence-electron chi connectivity index (χ4n) is 1.92. The van der Waals surface area contributed by atoms with Crippen molar-refractivity contribution in [3.05, 3.63) is 59.6 Å². The molecule has 3 nitrogen and oxygen atoms in total. The third kappa shape index (κ3) is 7.44. The van der Waals surface area contributed by atoms with E-state index in [4.69, 9.17) is 16.3 Å². The van der Waals surface area contributed by atoms with Crippen LogP contribution in [0.5, 0.6) is 5.75 Å². The minimum atomic E-state index is 0.0679. The molecule has 0 spiro atoms. The lowest BCUT2D eigenvalue weighted by Crippen LogP contribution is -2.25. The van der Waals surface area contributed by atoms with E-state index in [0.717, 1.165) is 11.5 Å². The van der Waals surface area contributed by atoms with E-state index in [1.807, 2.05) is 30.3 Å². The number of rotatable bonds is 9. The zero-order valence-corrected chi connectivity index (χ0v) is 14.4. The summed E-state index contributed by atoms with van der Waals surface area (Å²) in [5.74, 6) is 1.71. The highest BCUT2D eigenvalue weighted by Gasteiger charge is 2.01. The predicted molar refractivity (Wildman–Crippen MR) is 96.4 cm³/mol. The first-order valence-corrected chi connectivity index (χ1v) is 8.93. The van der Waals surface area contributed by atoms with E-state index in [1.54, 1.807) is 23.9 Å². The van der Waals surface area contributed by atoms with Crippen molar-refractivity contribution in [3.63, 3.8) is 0 Å². The number of halogens is 1. The van der Waals surface area contributed by atoms with Gasteiger partial charge in [-0.25, -0.2) is 0 Å². The van der Waals surface area contributed by atoms with Gasteiger partial charge in [-0.15, -0.1) is 11.8 Å². The first-order chi connectivity index (χ1) is 11.2. The van der Waals surface area contributed by atoms with Gasteiger partial charge in [-0.1, -0.05) is 29.8 Å². The Balaban J connectivity index is 1.51. The Morgan fingerprint density at radius 2 is 1.83 bits per heavy atom. The fraction of sp³-hybridized carbons (Fsp3) is 0.278. The van der Waals surface area contributed by atoms with Crippen molar-refractivity contribution in [2.45, 2.75) is 17.7 Å². The first-order valence-electron chi connectivity index (χ1n) is 7.57.